The van der Waals surface area contributed by atoms with E-state index in [0.717, 1.165) is 18.5 Å². The number of urea groups is 1. The van der Waals surface area contributed by atoms with Crippen LogP contribution in [0.1, 0.15) is 31.4 Å². The molecular formula is C13H15N3O3S. The smallest absolute Gasteiger partial charge is 0.277 e. The van der Waals surface area contributed by atoms with Crippen LogP contribution in [-0.2, 0) is 16.0 Å². The fourth-order valence-electron chi connectivity index (χ4n) is 2.94. The first kappa shape index (κ1) is 13.2. The van der Waals surface area contributed by atoms with Crippen LogP contribution in [0.4, 0.5) is 4.79 Å². The molecule has 2 heterocycles. The predicted octanol–water partition coefficient (Wildman–Crippen LogP) is 1.32. The second-order valence-electron chi connectivity index (χ2n) is 5.24. The minimum atomic E-state index is -1.00. The third-order valence-corrected chi connectivity index (χ3v) is 4.72. The van der Waals surface area contributed by atoms with Gasteiger partial charge in [-0.05, 0) is 12.8 Å². The minimum absolute atomic E-state index is 0.267. The van der Waals surface area contributed by atoms with Gasteiger partial charge in [0.15, 0.2) is 0 Å². The molecule has 20 heavy (non-hydrogen) atoms. The van der Waals surface area contributed by atoms with Crippen LogP contribution in [0.15, 0.2) is 10.9 Å². The number of hydrogen-bond acceptors (Lipinski definition) is 5. The van der Waals surface area contributed by atoms with Crippen LogP contribution in [0.2, 0.25) is 0 Å². The molecule has 7 heteroatoms. The van der Waals surface area contributed by atoms with E-state index < -0.39 is 17.4 Å². The Bertz CT molecular complexity index is 549. The van der Waals surface area contributed by atoms with E-state index in [2.05, 4.69) is 10.3 Å². The maximum absolute atomic E-state index is 12.6. The van der Waals surface area contributed by atoms with Crippen LogP contribution in [0.25, 0.3) is 0 Å². The quantitative estimate of drug-likeness (QED) is 0.853. The van der Waals surface area contributed by atoms with Crippen molar-refractivity contribution in [1.82, 2.24) is 15.2 Å². The number of aromatic nitrogens is 1. The molecule has 1 N–H and O–H groups in total. The Balaban J connectivity index is 1.77. The van der Waals surface area contributed by atoms with Gasteiger partial charge in [0.2, 0.25) is 11.8 Å². The Morgan fingerprint density at radius 2 is 2.05 bits per heavy atom. The molecule has 2 aliphatic rings. The van der Waals surface area contributed by atoms with E-state index in [1.165, 1.54) is 16.2 Å². The number of amides is 4. The second-order valence-corrected chi connectivity index (χ2v) is 5.95. The third kappa shape index (κ3) is 2.02. The summed E-state index contributed by atoms with van der Waals surface area (Å²) in [6.45, 7) is 0.267. The van der Waals surface area contributed by atoms with Gasteiger partial charge in [-0.25, -0.2) is 9.78 Å². The van der Waals surface area contributed by atoms with Crippen LogP contribution >= 0.6 is 11.3 Å². The summed E-state index contributed by atoms with van der Waals surface area (Å²) >= 11 is 1.48. The van der Waals surface area contributed by atoms with E-state index in [9.17, 15) is 14.4 Å². The summed E-state index contributed by atoms with van der Waals surface area (Å²) in [5.41, 5.74) is 1.57. The van der Waals surface area contributed by atoms with Crippen LogP contribution in [-0.4, -0.2) is 34.3 Å². The Labute approximate surface area is 120 Å². The van der Waals surface area contributed by atoms with E-state index in [4.69, 9.17) is 0 Å². The van der Waals surface area contributed by atoms with Crippen LogP contribution in [0, 0.1) is 5.41 Å². The van der Waals surface area contributed by atoms with Crippen molar-refractivity contribution < 1.29 is 14.4 Å². The lowest BCUT2D eigenvalue weighted by Gasteiger charge is -2.36. The average Bonchev–Trinajstić information content (AvgIpc) is 3.09. The van der Waals surface area contributed by atoms with Crippen molar-refractivity contribution in [2.75, 3.05) is 6.54 Å². The second kappa shape index (κ2) is 4.97. The largest absolute Gasteiger partial charge is 0.330 e. The number of carbonyl (C=O) groups is 3. The zero-order valence-electron chi connectivity index (χ0n) is 10.9. The molecular weight excluding hydrogens is 278 g/mol. The van der Waals surface area contributed by atoms with E-state index in [-0.39, 0.29) is 12.5 Å². The summed E-state index contributed by atoms with van der Waals surface area (Å²) in [5, 5.41) is 4.22. The molecule has 0 atom stereocenters. The normalized spacial score (nSPS) is 21.6. The van der Waals surface area contributed by atoms with Gasteiger partial charge in [-0.15, -0.1) is 11.3 Å². The molecule has 0 unspecified atom stereocenters. The van der Waals surface area contributed by atoms with Crippen LogP contribution in [0.5, 0.6) is 0 Å². The van der Waals surface area contributed by atoms with Crippen molar-refractivity contribution in [3.05, 3.63) is 16.6 Å². The fraction of sp³-hybridized carbons (Fsp3) is 0.538. The molecule has 0 bridgehead atoms. The first-order valence-electron chi connectivity index (χ1n) is 6.68. The molecule has 1 saturated heterocycles. The van der Waals surface area contributed by atoms with E-state index in [0.29, 0.717) is 19.3 Å². The van der Waals surface area contributed by atoms with Gasteiger partial charge in [0.1, 0.15) is 5.41 Å². The standard InChI is InChI=1S/C13H15N3O3S/c17-10-13(4-1-2-5-13)11(18)16(12(19)15-10)6-3-9-7-20-8-14-9/h7-8H,1-6H2,(H,15,17,19). The Morgan fingerprint density at radius 3 is 2.70 bits per heavy atom. The number of imide groups is 2. The summed E-state index contributed by atoms with van der Waals surface area (Å²) < 4.78 is 0. The first-order valence-corrected chi connectivity index (χ1v) is 7.62. The summed E-state index contributed by atoms with van der Waals surface area (Å²) in [6, 6.07) is -0.604. The molecule has 1 spiro atoms. The van der Waals surface area contributed by atoms with Crippen molar-refractivity contribution in [1.29, 1.82) is 0 Å². The van der Waals surface area contributed by atoms with Gasteiger partial charge in [0.25, 0.3) is 0 Å². The molecule has 1 saturated carbocycles. The topological polar surface area (TPSA) is 79.4 Å². The number of thiazole rings is 1. The molecule has 0 aromatic carbocycles. The van der Waals surface area contributed by atoms with Gasteiger partial charge in [-0.2, -0.15) is 0 Å². The maximum atomic E-state index is 12.6. The maximum Gasteiger partial charge on any atom is 0.330 e. The van der Waals surface area contributed by atoms with Gasteiger partial charge in [0.05, 0.1) is 11.2 Å². The highest BCUT2D eigenvalue weighted by Gasteiger charge is 2.54. The third-order valence-electron chi connectivity index (χ3n) is 4.09. The van der Waals surface area contributed by atoms with E-state index in [1.807, 2.05) is 5.38 Å². The molecule has 1 aliphatic carbocycles. The number of hydrogen-bond donors (Lipinski definition) is 1. The zero-order chi connectivity index (χ0) is 14.2. The van der Waals surface area contributed by atoms with Crippen molar-refractivity contribution in [3.8, 4) is 0 Å². The number of nitrogens with one attached hydrogen (secondary N) is 1. The van der Waals surface area contributed by atoms with Crippen molar-refractivity contribution >= 4 is 29.2 Å². The van der Waals surface area contributed by atoms with Crippen molar-refractivity contribution in [3.63, 3.8) is 0 Å². The predicted molar refractivity (Wildman–Crippen MR) is 72.0 cm³/mol. The van der Waals surface area contributed by atoms with Gasteiger partial charge in [-0.3, -0.25) is 19.8 Å². The Morgan fingerprint density at radius 1 is 1.30 bits per heavy atom. The van der Waals surface area contributed by atoms with Crippen molar-refractivity contribution in [2.45, 2.75) is 32.1 Å². The van der Waals surface area contributed by atoms with Gasteiger partial charge >= 0.3 is 6.03 Å². The average molecular weight is 293 g/mol. The monoisotopic (exact) mass is 293 g/mol. The zero-order valence-corrected chi connectivity index (χ0v) is 11.7. The van der Waals surface area contributed by atoms with Crippen LogP contribution < -0.4 is 5.32 Å². The van der Waals surface area contributed by atoms with Crippen molar-refractivity contribution in [2.24, 2.45) is 5.41 Å². The highest BCUT2D eigenvalue weighted by Crippen LogP contribution is 2.41. The van der Waals surface area contributed by atoms with E-state index in [1.54, 1.807) is 5.51 Å². The minimum Gasteiger partial charge on any atom is -0.277 e. The molecule has 1 aliphatic heterocycles. The van der Waals surface area contributed by atoms with E-state index >= 15 is 0 Å². The summed E-state index contributed by atoms with van der Waals surface area (Å²) in [5.74, 6) is -0.756. The fourth-order valence-corrected chi connectivity index (χ4v) is 3.53. The lowest BCUT2D eigenvalue weighted by molar-refractivity contribution is -0.151. The number of nitrogens with zero attached hydrogens (tertiary/aromatic N) is 2. The van der Waals surface area contributed by atoms with Gasteiger partial charge in [-0.1, -0.05) is 12.8 Å². The molecule has 6 nitrogen and oxygen atoms in total. The Kier molecular flexibility index (Phi) is 3.29. The summed E-state index contributed by atoms with van der Waals surface area (Å²) in [6.07, 6.45) is 3.31. The van der Waals surface area contributed by atoms with Gasteiger partial charge < -0.3 is 0 Å². The first-order chi connectivity index (χ1) is 9.63. The molecule has 4 amide bonds. The highest BCUT2D eigenvalue weighted by molar-refractivity contribution is 7.07. The Hall–Kier alpha value is -1.76. The van der Waals surface area contributed by atoms with Crippen LogP contribution in [0.3, 0.4) is 0 Å². The molecule has 2 fully saturated rings. The number of barbiturate groups is 1. The SMILES string of the molecule is O=C1NC(=O)C2(CCCC2)C(=O)N1CCc1cscn1. The molecule has 0 radical (unpaired) electrons. The highest BCUT2D eigenvalue weighted by atomic mass is 32.1. The number of rotatable bonds is 3. The summed E-state index contributed by atoms with van der Waals surface area (Å²) in [7, 11) is 0. The molecule has 106 valence electrons. The number of carbonyl (C=O) groups excluding carboxylic acids is 3. The lowest BCUT2D eigenvalue weighted by Crippen LogP contribution is -2.63. The molecule has 1 aromatic heterocycles. The molecule has 3 rings (SSSR count). The lowest BCUT2D eigenvalue weighted by atomic mass is 9.82. The molecule has 1 aromatic rings. The summed E-state index contributed by atoms with van der Waals surface area (Å²) in [4.78, 5) is 41.8. The van der Waals surface area contributed by atoms with Gasteiger partial charge in [0, 0.05) is 18.3 Å².